The van der Waals surface area contributed by atoms with Gasteiger partial charge in [-0.2, -0.15) is 0 Å². The first kappa shape index (κ1) is 24.1. The molecule has 0 saturated carbocycles. The van der Waals surface area contributed by atoms with Crippen molar-refractivity contribution >= 4 is 0 Å². The van der Waals surface area contributed by atoms with E-state index in [4.69, 9.17) is 18.9 Å². The molecule has 4 heteroatoms. The summed E-state index contributed by atoms with van der Waals surface area (Å²) in [5.41, 5.74) is 7.85. The highest BCUT2D eigenvalue weighted by Gasteiger charge is 2.38. The summed E-state index contributed by atoms with van der Waals surface area (Å²) in [7, 11) is 0. The zero-order valence-electron chi connectivity index (χ0n) is 21.3. The molecule has 4 rings (SSSR count). The Morgan fingerprint density at radius 3 is 1.21 bits per heavy atom. The summed E-state index contributed by atoms with van der Waals surface area (Å²) in [6.07, 6.45) is 3.09. The Morgan fingerprint density at radius 1 is 0.636 bits per heavy atom. The smallest absolute Gasteiger partial charge is 0.125 e. The van der Waals surface area contributed by atoms with Crippen LogP contribution in [-0.2, 0) is 15.9 Å². The van der Waals surface area contributed by atoms with Gasteiger partial charge in [0.05, 0.1) is 50.5 Å². The van der Waals surface area contributed by atoms with Crippen molar-refractivity contribution in [3.05, 3.63) is 57.6 Å². The summed E-state index contributed by atoms with van der Waals surface area (Å²) in [5.74, 6) is 2.05. The molecule has 2 aromatic rings. The molecule has 2 aliphatic heterocycles. The zero-order chi connectivity index (χ0) is 23.6. The van der Waals surface area contributed by atoms with E-state index in [1.165, 1.54) is 33.4 Å². The first-order chi connectivity index (χ1) is 15.8. The van der Waals surface area contributed by atoms with E-state index in [0.717, 1.165) is 70.4 Å². The summed E-state index contributed by atoms with van der Waals surface area (Å²) in [4.78, 5) is 0. The molecule has 2 aromatic carbocycles. The topological polar surface area (TPSA) is 36.9 Å². The van der Waals surface area contributed by atoms with Crippen LogP contribution in [0.4, 0.5) is 0 Å². The van der Waals surface area contributed by atoms with Crippen molar-refractivity contribution in [1.82, 2.24) is 0 Å². The van der Waals surface area contributed by atoms with E-state index in [0.29, 0.717) is 0 Å². The van der Waals surface area contributed by atoms with Crippen LogP contribution in [0.15, 0.2) is 24.3 Å². The van der Waals surface area contributed by atoms with E-state index in [9.17, 15) is 0 Å². The van der Waals surface area contributed by atoms with Gasteiger partial charge in [0.2, 0.25) is 0 Å². The molecule has 2 saturated heterocycles. The van der Waals surface area contributed by atoms with Gasteiger partial charge in [0, 0.05) is 0 Å². The number of aryl methyl sites for hydroxylation is 4. The maximum absolute atomic E-state index is 6.30. The second-order valence-corrected chi connectivity index (χ2v) is 10.6. The first-order valence-corrected chi connectivity index (χ1v) is 12.4. The van der Waals surface area contributed by atoms with Gasteiger partial charge in [0.25, 0.3) is 0 Å². The Morgan fingerprint density at radius 2 is 0.970 bits per heavy atom. The van der Waals surface area contributed by atoms with Crippen LogP contribution < -0.4 is 9.47 Å². The van der Waals surface area contributed by atoms with Crippen molar-refractivity contribution < 1.29 is 18.9 Å². The molecular weight excluding hydrogens is 412 g/mol. The highest BCUT2D eigenvalue weighted by molar-refractivity contribution is 5.47. The van der Waals surface area contributed by atoms with Crippen LogP contribution in [0.25, 0.3) is 0 Å². The summed E-state index contributed by atoms with van der Waals surface area (Å²) in [6, 6.07) is 9.09. The largest absolute Gasteiger partial charge is 0.492 e. The normalized spacial score (nSPS) is 18.4. The molecule has 0 aliphatic carbocycles. The van der Waals surface area contributed by atoms with Crippen LogP contribution in [0.3, 0.4) is 0 Å². The molecule has 0 unspecified atom stereocenters. The minimum atomic E-state index is 0.193. The molecule has 0 atom stereocenters. The molecule has 33 heavy (non-hydrogen) atoms. The first-order valence-electron chi connectivity index (χ1n) is 12.4. The molecule has 4 nitrogen and oxygen atoms in total. The fourth-order valence-corrected chi connectivity index (χ4v) is 4.99. The van der Waals surface area contributed by atoms with Crippen LogP contribution in [0, 0.1) is 38.5 Å². The Bertz CT molecular complexity index is 849. The van der Waals surface area contributed by atoms with Gasteiger partial charge in [0.1, 0.15) is 11.5 Å². The van der Waals surface area contributed by atoms with Gasteiger partial charge >= 0.3 is 0 Å². The summed E-state index contributed by atoms with van der Waals surface area (Å²) >= 11 is 0. The molecule has 2 aliphatic rings. The molecule has 0 spiro atoms. The van der Waals surface area contributed by atoms with E-state index < -0.39 is 0 Å². The lowest BCUT2D eigenvalue weighted by Crippen LogP contribution is -2.46. The Kier molecular flexibility index (Phi) is 7.07. The maximum Gasteiger partial charge on any atom is 0.125 e. The minimum Gasteiger partial charge on any atom is -0.492 e. The number of rotatable bonds is 10. The molecular formula is C29H40O4. The molecule has 180 valence electrons. The lowest BCUT2D eigenvalue weighted by molar-refractivity contribution is -0.133. The standard InChI is InChI=1S/C29H40O4/c1-7-28(14-30-15-28)18-32-26-20(3)9-24(10-21(26)4)13-25-11-22(5)27(23(6)12-25)33-19-29(8-2)16-31-17-29/h9-12H,7-8,13-19H2,1-6H3. The fraction of sp³-hybridized carbons (Fsp3) is 0.586. The van der Waals surface area contributed by atoms with E-state index in [-0.39, 0.29) is 10.8 Å². The van der Waals surface area contributed by atoms with Gasteiger partial charge in [-0.05, 0) is 80.3 Å². The average molecular weight is 453 g/mol. The molecule has 2 heterocycles. The third-order valence-corrected chi connectivity index (χ3v) is 7.63. The zero-order valence-corrected chi connectivity index (χ0v) is 21.3. The number of ether oxygens (including phenoxy) is 4. The van der Waals surface area contributed by atoms with Gasteiger partial charge in [-0.15, -0.1) is 0 Å². The highest BCUT2D eigenvalue weighted by atomic mass is 16.5. The Balaban J connectivity index is 1.44. The van der Waals surface area contributed by atoms with Crippen LogP contribution in [0.5, 0.6) is 11.5 Å². The maximum atomic E-state index is 6.30. The second kappa shape index (κ2) is 9.68. The van der Waals surface area contributed by atoms with E-state index in [1.54, 1.807) is 0 Å². The molecule has 0 aromatic heterocycles. The van der Waals surface area contributed by atoms with Crippen LogP contribution in [-0.4, -0.2) is 39.6 Å². The molecule has 0 bridgehead atoms. The highest BCUT2D eigenvalue weighted by Crippen LogP contribution is 2.36. The second-order valence-electron chi connectivity index (χ2n) is 10.6. The SMILES string of the molecule is CCC1(COc2c(C)cc(Cc3cc(C)c(OCC4(CC)COC4)c(C)c3)cc2C)COC1. The van der Waals surface area contributed by atoms with Crippen molar-refractivity contribution in [2.24, 2.45) is 10.8 Å². The van der Waals surface area contributed by atoms with Crippen molar-refractivity contribution in [3.8, 4) is 11.5 Å². The van der Waals surface area contributed by atoms with Crippen molar-refractivity contribution in [3.63, 3.8) is 0 Å². The van der Waals surface area contributed by atoms with E-state index in [1.807, 2.05) is 0 Å². The third-order valence-electron chi connectivity index (χ3n) is 7.63. The van der Waals surface area contributed by atoms with Gasteiger partial charge in [-0.1, -0.05) is 38.1 Å². The summed E-state index contributed by atoms with van der Waals surface area (Å²) in [6.45, 7) is 17.8. The molecule has 0 N–H and O–H groups in total. The van der Waals surface area contributed by atoms with Gasteiger partial charge < -0.3 is 18.9 Å². The van der Waals surface area contributed by atoms with Crippen molar-refractivity contribution in [1.29, 1.82) is 0 Å². The van der Waals surface area contributed by atoms with Crippen LogP contribution in [0.2, 0.25) is 0 Å². The van der Waals surface area contributed by atoms with E-state index in [2.05, 4.69) is 65.8 Å². The number of hydrogen-bond acceptors (Lipinski definition) is 4. The Labute approximate surface area is 199 Å². The molecule has 2 fully saturated rings. The number of benzene rings is 2. The van der Waals surface area contributed by atoms with Crippen LogP contribution in [0.1, 0.15) is 60.1 Å². The molecule has 0 amide bonds. The summed E-state index contributed by atoms with van der Waals surface area (Å²) < 4.78 is 23.5. The average Bonchev–Trinajstić information content (AvgIpc) is 2.70. The quantitative estimate of drug-likeness (QED) is 0.435. The Hall–Kier alpha value is -2.04. The molecule has 0 radical (unpaired) electrons. The van der Waals surface area contributed by atoms with Crippen molar-refractivity contribution in [2.75, 3.05) is 39.6 Å². The van der Waals surface area contributed by atoms with Gasteiger partial charge in [-0.3, -0.25) is 0 Å². The monoisotopic (exact) mass is 452 g/mol. The van der Waals surface area contributed by atoms with Gasteiger partial charge in [-0.25, -0.2) is 0 Å². The fourth-order valence-electron chi connectivity index (χ4n) is 4.99. The lowest BCUT2D eigenvalue weighted by Gasteiger charge is -2.40. The van der Waals surface area contributed by atoms with Gasteiger partial charge in [0.15, 0.2) is 0 Å². The lowest BCUT2D eigenvalue weighted by atomic mass is 9.84. The third kappa shape index (κ3) is 5.07. The predicted molar refractivity (Wildman–Crippen MR) is 133 cm³/mol. The minimum absolute atomic E-state index is 0.193. The predicted octanol–water partition coefficient (Wildman–Crippen LogP) is 6.12. The van der Waals surface area contributed by atoms with Crippen molar-refractivity contribution in [2.45, 2.75) is 60.8 Å². The van der Waals surface area contributed by atoms with E-state index >= 15 is 0 Å². The summed E-state index contributed by atoms with van der Waals surface area (Å²) in [5, 5.41) is 0. The number of hydrogen-bond donors (Lipinski definition) is 0. The van der Waals surface area contributed by atoms with Crippen LogP contribution >= 0.6 is 0 Å².